The highest BCUT2D eigenvalue weighted by molar-refractivity contribution is 7.50. The molecule has 0 bridgehead atoms. The molecule has 3 rings (SSSR count). The summed E-state index contributed by atoms with van der Waals surface area (Å²) in [7, 11) is 1.06. The van der Waals surface area contributed by atoms with Crippen molar-refractivity contribution >= 4 is 18.8 Å². The smallest absolute Gasteiger partial charge is 0.0622 e. The quantitative estimate of drug-likeness (QED) is 0.237. The van der Waals surface area contributed by atoms with E-state index in [0.717, 1.165) is 24.6 Å². The molecule has 0 nitrogen and oxygen atoms in total. The zero-order valence-electron chi connectivity index (χ0n) is 23.4. The van der Waals surface area contributed by atoms with Gasteiger partial charge in [0.05, 0.1) is 0 Å². The highest BCUT2D eigenvalue weighted by Crippen LogP contribution is 2.35. The molecule has 0 heterocycles. The van der Waals surface area contributed by atoms with Crippen LogP contribution < -0.4 is 5.30 Å². The highest BCUT2D eigenvalue weighted by atomic mass is 31.1. The van der Waals surface area contributed by atoms with E-state index in [2.05, 4.69) is 98.1 Å². The fourth-order valence-corrected chi connectivity index (χ4v) is 5.32. The Balaban J connectivity index is 2.33. The summed E-state index contributed by atoms with van der Waals surface area (Å²) in [6.45, 7) is 20.8. The van der Waals surface area contributed by atoms with Crippen molar-refractivity contribution in [3.63, 3.8) is 0 Å². The van der Waals surface area contributed by atoms with Crippen LogP contribution in [0.1, 0.15) is 90.1 Å². The summed E-state index contributed by atoms with van der Waals surface area (Å²) in [5.74, 6) is 13.6. The summed E-state index contributed by atoms with van der Waals surface area (Å²) >= 11 is 0. The van der Waals surface area contributed by atoms with Gasteiger partial charge in [-0.15, -0.1) is 0 Å². The Kier molecular flexibility index (Phi) is 8.35. The van der Waals surface area contributed by atoms with Gasteiger partial charge in [-0.2, -0.15) is 0 Å². The standard InChI is InChI=1S/C35H39P/c1-33(2,3)28-24-30(34(4,5)6)32(31(25-28)35(7,8)9)36-29(22-20-26-16-12-10-13-17-26)23-21-27-18-14-11-15-19-27/h10-19,24-25H,1-9H3. The van der Waals surface area contributed by atoms with Crippen molar-refractivity contribution in [3.05, 3.63) is 101 Å². The molecule has 3 aromatic carbocycles. The summed E-state index contributed by atoms with van der Waals surface area (Å²) in [6, 6.07) is 25.2. The third-order valence-electron chi connectivity index (χ3n) is 6.01. The van der Waals surface area contributed by atoms with E-state index in [4.69, 9.17) is 0 Å². The average molecular weight is 491 g/mol. The van der Waals surface area contributed by atoms with Crippen LogP contribution in [0.5, 0.6) is 0 Å². The van der Waals surface area contributed by atoms with Crippen LogP contribution in [0.25, 0.3) is 0 Å². The Hall–Kier alpha value is -3.05. The van der Waals surface area contributed by atoms with E-state index in [1.54, 1.807) is 0 Å². The SMILES string of the molecule is CC(C)(C)c1cc(C(C)(C)C)c(P=C(C#Cc2ccccc2)C#Cc2ccccc2)c(C(C)(C)C)c1. The molecule has 0 aromatic heterocycles. The Morgan fingerprint density at radius 3 is 1.28 bits per heavy atom. The molecule has 0 fully saturated rings. The minimum atomic E-state index is -0.00554. The fraction of sp³-hybridized carbons (Fsp3) is 0.343. The molecule has 0 amide bonds. The zero-order valence-corrected chi connectivity index (χ0v) is 24.3. The lowest BCUT2D eigenvalue weighted by atomic mass is 9.75. The van der Waals surface area contributed by atoms with Gasteiger partial charge in [-0.25, -0.2) is 0 Å². The summed E-state index contributed by atoms with van der Waals surface area (Å²) < 4.78 is 0. The van der Waals surface area contributed by atoms with Crippen LogP contribution in [0, 0.1) is 23.7 Å². The van der Waals surface area contributed by atoms with Crippen LogP contribution >= 0.6 is 8.20 Å². The van der Waals surface area contributed by atoms with Crippen LogP contribution in [0.15, 0.2) is 72.8 Å². The Morgan fingerprint density at radius 2 is 0.944 bits per heavy atom. The predicted octanol–water partition coefficient (Wildman–Crippen LogP) is 8.43. The van der Waals surface area contributed by atoms with E-state index >= 15 is 0 Å². The van der Waals surface area contributed by atoms with Crippen LogP contribution in [0.2, 0.25) is 0 Å². The molecule has 184 valence electrons. The number of benzene rings is 3. The van der Waals surface area contributed by atoms with Gasteiger partial charge in [-0.05, 0) is 77.2 Å². The maximum absolute atomic E-state index is 3.44. The lowest BCUT2D eigenvalue weighted by Gasteiger charge is -2.32. The summed E-state index contributed by atoms with van der Waals surface area (Å²) in [6.07, 6.45) is 0. The fourth-order valence-electron chi connectivity index (χ4n) is 3.84. The van der Waals surface area contributed by atoms with Crippen molar-refractivity contribution in [1.82, 2.24) is 0 Å². The van der Waals surface area contributed by atoms with Gasteiger partial charge in [0, 0.05) is 16.4 Å². The maximum Gasteiger partial charge on any atom is 0.102 e. The number of hydrogen-bond donors (Lipinski definition) is 0. The molecular formula is C35H39P. The number of rotatable bonds is 1. The summed E-state index contributed by atoms with van der Waals surface area (Å²) in [5.41, 5.74) is 6.20. The van der Waals surface area contributed by atoms with Crippen LogP contribution in [0.3, 0.4) is 0 Å². The van der Waals surface area contributed by atoms with Crippen molar-refractivity contribution in [2.75, 3.05) is 0 Å². The van der Waals surface area contributed by atoms with Gasteiger partial charge in [0.25, 0.3) is 0 Å². The van der Waals surface area contributed by atoms with Gasteiger partial charge in [0.1, 0.15) is 5.29 Å². The molecule has 0 aliphatic rings. The minimum absolute atomic E-state index is 0.00554. The van der Waals surface area contributed by atoms with Gasteiger partial charge in [0.15, 0.2) is 0 Å². The molecular weight excluding hydrogens is 451 g/mol. The van der Waals surface area contributed by atoms with Gasteiger partial charge < -0.3 is 0 Å². The van der Waals surface area contributed by atoms with Crippen molar-refractivity contribution in [2.45, 2.75) is 78.6 Å². The molecule has 0 atom stereocenters. The van der Waals surface area contributed by atoms with Crippen molar-refractivity contribution in [2.24, 2.45) is 0 Å². The third-order valence-corrected chi connectivity index (χ3v) is 7.17. The lowest BCUT2D eigenvalue weighted by molar-refractivity contribution is 0.554. The van der Waals surface area contributed by atoms with Crippen LogP contribution in [-0.2, 0) is 16.2 Å². The Morgan fingerprint density at radius 1 is 0.556 bits per heavy atom. The molecule has 0 saturated heterocycles. The van der Waals surface area contributed by atoms with Crippen molar-refractivity contribution < 1.29 is 0 Å². The molecule has 0 aliphatic carbocycles. The van der Waals surface area contributed by atoms with Crippen LogP contribution in [-0.4, -0.2) is 5.29 Å². The van der Waals surface area contributed by atoms with E-state index < -0.39 is 0 Å². The van der Waals surface area contributed by atoms with Crippen LogP contribution in [0.4, 0.5) is 0 Å². The van der Waals surface area contributed by atoms with E-state index in [0.29, 0.717) is 0 Å². The third kappa shape index (κ3) is 7.47. The van der Waals surface area contributed by atoms with Gasteiger partial charge in [-0.1, -0.05) is 123 Å². The topological polar surface area (TPSA) is 0 Å². The van der Waals surface area contributed by atoms with Crippen molar-refractivity contribution in [3.8, 4) is 23.7 Å². The summed E-state index contributed by atoms with van der Waals surface area (Å²) in [4.78, 5) is 0. The number of hydrogen-bond acceptors (Lipinski definition) is 0. The molecule has 0 spiro atoms. The van der Waals surface area contributed by atoms with E-state index in [1.807, 2.05) is 60.7 Å². The molecule has 0 N–H and O–H groups in total. The highest BCUT2D eigenvalue weighted by Gasteiger charge is 2.28. The van der Waals surface area contributed by atoms with Gasteiger partial charge in [-0.3, -0.25) is 0 Å². The average Bonchev–Trinajstić information content (AvgIpc) is 2.80. The first-order valence-electron chi connectivity index (χ1n) is 12.7. The largest absolute Gasteiger partial charge is 0.102 e. The molecule has 0 aliphatic heterocycles. The second-order valence-electron chi connectivity index (χ2n) is 12.4. The Labute approximate surface area is 221 Å². The van der Waals surface area contributed by atoms with E-state index in [-0.39, 0.29) is 16.2 Å². The molecule has 3 aromatic rings. The zero-order chi connectivity index (χ0) is 26.6. The van der Waals surface area contributed by atoms with E-state index in [1.165, 1.54) is 22.0 Å². The molecule has 0 radical (unpaired) electrons. The minimum Gasteiger partial charge on any atom is -0.0622 e. The predicted molar refractivity (Wildman–Crippen MR) is 161 cm³/mol. The monoisotopic (exact) mass is 490 g/mol. The second kappa shape index (κ2) is 10.9. The maximum atomic E-state index is 3.44. The molecule has 0 unspecified atom stereocenters. The first-order valence-corrected chi connectivity index (χ1v) is 13.6. The first kappa shape index (κ1) is 27.5. The van der Waals surface area contributed by atoms with Gasteiger partial charge >= 0.3 is 0 Å². The molecule has 0 saturated carbocycles. The normalized spacial score (nSPS) is 11.8. The first-order chi connectivity index (χ1) is 16.7. The lowest BCUT2D eigenvalue weighted by Crippen LogP contribution is -2.30. The summed E-state index contributed by atoms with van der Waals surface area (Å²) in [5, 5.41) is 2.25. The Bertz CT molecular complexity index is 1250. The molecule has 36 heavy (non-hydrogen) atoms. The second-order valence-corrected chi connectivity index (χ2v) is 13.5. The van der Waals surface area contributed by atoms with Crippen molar-refractivity contribution in [1.29, 1.82) is 0 Å². The molecule has 1 heteroatoms. The van der Waals surface area contributed by atoms with E-state index in [9.17, 15) is 0 Å². The van der Waals surface area contributed by atoms with Gasteiger partial charge in [0.2, 0.25) is 0 Å².